The first kappa shape index (κ1) is 13.3. The first-order valence-electron chi connectivity index (χ1n) is 8.19. The number of fused-ring (bicyclic) bond motifs is 3. The van der Waals surface area contributed by atoms with Gasteiger partial charge in [-0.2, -0.15) is 4.57 Å². The van der Waals surface area contributed by atoms with E-state index in [4.69, 9.17) is 0 Å². The van der Waals surface area contributed by atoms with Gasteiger partial charge in [0.05, 0.1) is 7.05 Å². The maximum Gasteiger partial charge on any atom is 0.249 e. The summed E-state index contributed by atoms with van der Waals surface area (Å²) >= 11 is 0. The van der Waals surface area contributed by atoms with Crippen molar-refractivity contribution in [3.8, 4) is 5.69 Å². The number of benzene rings is 4. The van der Waals surface area contributed by atoms with Gasteiger partial charge in [0.15, 0.2) is 11.0 Å². The van der Waals surface area contributed by atoms with Gasteiger partial charge in [0.2, 0.25) is 6.33 Å². The van der Waals surface area contributed by atoms with Gasteiger partial charge in [-0.1, -0.05) is 60.7 Å². The van der Waals surface area contributed by atoms with Crippen molar-refractivity contribution in [1.29, 1.82) is 0 Å². The summed E-state index contributed by atoms with van der Waals surface area (Å²) in [7, 11) is 2.10. The molecule has 0 spiro atoms. The van der Waals surface area contributed by atoms with Gasteiger partial charge in [-0.25, -0.2) is 4.57 Å². The molecule has 5 aromatic rings. The standard InChI is InChI=1S/C22H17N2/c1-23-15-24(21-13-7-6-12-20(21)23)22-18-10-4-2-8-16(18)14-17-9-3-5-11-19(17)22/h2-15H,1H3/q+1. The third-order valence-electron chi connectivity index (χ3n) is 4.79. The minimum Gasteiger partial charge on any atom is -0.232 e. The zero-order valence-corrected chi connectivity index (χ0v) is 13.5. The highest BCUT2D eigenvalue weighted by molar-refractivity contribution is 6.08. The predicted molar refractivity (Wildman–Crippen MR) is 99.5 cm³/mol. The van der Waals surface area contributed by atoms with Crippen LogP contribution >= 0.6 is 0 Å². The molecule has 1 heterocycles. The molecule has 0 N–H and O–H groups in total. The van der Waals surface area contributed by atoms with Crippen molar-refractivity contribution in [1.82, 2.24) is 4.57 Å². The second-order valence-electron chi connectivity index (χ2n) is 6.25. The van der Waals surface area contributed by atoms with Crippen LogP contribution in [0.4, 0.5) is 0 Å². The highest BCUT2D eigenvalue weighted by Gasteiger charge is 2.19. The van der Waals surface area contributed by atoms with E-state index in [1.54, 1.807) is 0 Å². The SMILES string of the molecule is C[n+]1cn(-c2c3ccccc3cc3ccccc23)c2ccccc21. The lowest BCUT2D eigenvalue weighted by atomic mass is 10.0. The molecule has 0 fully saturated rings. The van der Waals surface area contributed by atoms with E-state index < -0.39 is 0 Å². The fourth-order valence-electron chi connectivity index (χ4n) is 3.69. The summed E-state index contributed by atoms with van der Waals surface area (Å²) in [6, 6.07) is 28.1. The molecule has 0 atom stereocenters. The number of nitrogens with zero attached hydrogens (tertiary/aromatic N) is 2. The summed E-state index contributed by atoms with van der Waals surface area (Å²) in [5.74, 6) is 0. The Balaban J connectivity index is 2.03. The Hall–Kier alpha value is -3.13. The van der Waals surface area contributed by atoms with E-state index in [0.29, 0.717) is 0 Å². The normalized spacial score (nSPS) is 11.5. The van der Waals surface area contributed by atoms with Crippen molar-refractivity contribution in [2.75, 3.05) is 0 Å². The zero-order valence-electron chi connectivity index (χ0n) is 13.5. The minimum atomic E-state index is 1.22. The quantitative estimate of drug-likeness (QED) is 0.312. The van der Waals surface area contributed by atoms with Crippen LogP contribution in [-0.2, 0) is 7.05 Å². The summed E-state index contributed by atoms with van der Waals surface area (Å²) in [5, 5.41) is 5.09. The largest absolute Gasteiger partial charge is 0.249 e. The third-order valence-corrected chi connectivity index (χ3v) is 4.79. The Morgan fingerprint density at radius 3 is 2.00 bits per heavy atom. The third kappa shape index (κ3) is 1.80. The lowest BCUT2D eigenvalue weighted by molar-refractivity contribution is -0.645. The van der Waals surface area contributed by atoms with E-state index in [1.807, 2.05) is 0 Å². The molecular weight excluding hydrogens is 292 g/mol. The van der Waals surface area contributed by atoms with Gasteiger partial charge >= 0.3 is 0 Å². The molecule has 0 radical (unpaired) electrons. The summed E-state index contributed by atoms with van der Waals surface area (Å²) in [5.41, 5.74) is 3.71. The second-order valence-corrected chi connectivity index (χ2v) is 6.25. The first-order chi connectivity index (χ1) is 11.8. The van der Waals surface area contributed by atoms with Crippen LogP contribution in [-0.4, -0.2) is 4.57 Å². The summed E-state index contributed by atoms with van der Waals surface area (Å²) in [4.78, 5) is 0. The number of imidazole rings is 1. The molecule has 0 aliphatic rings. The van der Waals surface area contributed by atoms with Gasteiger partial charge in [0, 0.05) is 10.8 Å². The molecule has 0 saturated carbocycles. The van der Waals surface area contributed by atoms with Crippen molar-refractivity contribution in [2.24, 2.45) is 7.05 Å². The van der Waals surface area contributed by atoms with E-state index >= 15 is 0 Å². The molecule has 2 nitrogen and oxygen atoms in total. The summed E-state index contributed by atoms with van der Waals surface area (Å²) in [6.45, 7) is 0. The van der Waals surface area contributed by atoms with Crippen LogP contribution in [0.1, 0.15) is 0 Å². The van der Waals surface area contributed by atoms with Crippen LogP contribution in [0.2, 0.25) is 0 Å². The molecule has 0 bridgehead atoms. The van der Waals surface area contributed by atoms with E-state index in [1.165, 1.54) is 38.3 Å². The molecule has 0 saturated heterocycles. The molecule has 0 aliphatic heterocycles. The molecule has 5 rings (SSSR count). The highest BCUT2D eigenvalue weighted by Crippen LogP contribution is 2.32. The Labute approximate surface area is 140 Å². The van der Waals surface area contributed by atoms with Gasteiger partial charge < -0.3 is 0 Å². The van der Waals surface area contributed by atoms with E-state index in [-0.39, 0.29) is 0 Å². The maximum atomic E-state index is 2.32. The molecule has 0 aliphatic carbocycles. The van der Waals surface area contributed by atoms with Gasteiger partial charge in [-0.15, -0.1) is 0 Å². The average Bonchev–Trinajstić information content (AvgIpc) is 2.96. The van der Waals surface area contributed by atoms with Crippen LogP contribution in [0.15, 0.2) is 85.2 Å². The van der Waals surface area contributed by atoms with Crippen LogP contribution in [0.5, 0.6) is 0 Å². The number of rotatable bonds is 1. The van der Waals surface area contributed by atoms with Crippen molar-refractivity contribution in [2.45, 2.75) is 0 Å². The first-order valence-corrected chi connectivity index (χ1v) is 8.19. The molecule has 0 amide bonds. The summed E-state index contributed by atoms with van der Waals surface area (Å²) < 4.78 is 4.51. The van der Waals surface area contributed by atoms with Crippen molar-refractivity contribution in [3.63, 3.8) is 0 Å². The van der Waals surface area contributed by atoms with E-state index in [0.717, 1.165) is 0 Å². The average molecular weight is 309 g/mol. The lowest BCUT2D eigenvalue weighted by Gasteiger charge is -2.08. The lowest BCUT2D eigenvalue weighted by Crippen LogP contribution is -2.25. The van der Waals surface area contributed by atoms with Crippen molar-refractivity contribution < 1.29 is 4.57 Å². The second kappa shape index (κ2) is 4.93. The molecule has 1 aromatic heterocycles. The van der Waals surface area contributed by atoms with E-state index in [9.17, 15) is 0 Å². The number of aromatic nitrogens is 2. The number of aryl methyl sites for hydroxylation is 1. The fraction of sp³-hybridized carbons (Fsp3) is 0.0455. The molecule has 4 aromatic carbocycles. The molecule has 2 heteroatoms. The topological polar surface area (TPSA) is 8.81 Å². The highest BCUT2D eigenvalue weighted by atomic mass is 15.1. The minimum absolute atomic E-state index is 1.22. The van der Waals surface area contributed by atoms with Gasteiger partial charge in [0.25, 0.3) is 0 Å². The Morgan fingerprint density at radius 1 is 0.708 bits per heavy atom. The van der Waals surface area contributed by atoms with Crippen molar-refractivity contribution in [3.05, 3.63) is 85.2 Å². The Kier molecular flexibility index (Phi) is 2.74. The Morgan fingerprint density at radius 2 is 1.29 bits per heavy atom. The van der Waals surface area contributed by atoms with Gasteiger partial charge in [-0.3, -0.25) is 0 Å². The summed E-state index contributed by atoms with van der Waals surface area (Å²) in [6.07, 6.45) is 2.18. The van der Waals surface area contributed by atoms with Crippen LogP contribution < -0.4 is 4.57 Å². The molecule has 24 heavy (non-hydrogen) atoms. The zero-order chi connectivity index (χ0) is 16.1. The monoisotopic (exact) mass is 309 g/mol. The smallest absolute Gasteiger partial charge is 0.232 e. The van der Waals surface area contributed by atoms with Crippen molar-refractivity contribution >= 4 is 32.6 Å². The number of para-hydroxylation sites is 2. The van der Waals surface area contributed by atoms with Crippen LogP contribution in [0.25, 0.3) is 38.3 Å². The molecule has 0 unspecified atom stereocenters. The fourth-order valence-corrected chi connectivity index (χ4v) is 3.69. The van der Waals surface area contributed by atoms with Crippen LogP contribution in [0.3, 0.4) is 0 Å². The van der Waals surface area contributed by atoms with Gasteiger partial charge in [-0.05, 0) is 29.0 Å². The maximum absolute atomic E-state index is 2.32. The predicted octanol–water partition coefficient (Wildman–Crippen LogP) is 4.76. The number of hydrogen-bond donors (Lipinski definition) is 0. The Bertz CT molecular complexity index is 1160. The van der Waals surface area contributed by atoms with Gasteiger partial charge in [0.1, 0.15) is 5.69 Å². The number of hydrogen-bond acceptors (Lipinski definition) is 0. The van der Waals surface area contributed by atoms with Crippen LogP contribution in [0, 0.1) is 0 Å². The molecular formula is C22H17N2+. The molecule has 114 valence electrons. The van der Waals surface area contributed by atoms with E-state index in [2.05, 4.69) is 101 Å².